The van der Waals surface area contributed by atoms with Gasteiger partial charge in [-0.3, -0.25) is 9.78 Å². The molecule has 2 aromatic carbocycles. The van der Waals surface area contributed by atoms with Gasteiger partial charge in [-0.05, 0) is 30.3 Å². The molecule has 1 heterocycles. The molecule has 0 atom stereocenters. The molecule has 3 aromatic rings. The van der Waals surface area contributed by atoms with E-state index in [2.05, 4.69) is 4.98 Å². The third-order valence-electron chi connectivity index (χ3n) is 4.22. The van der Waals surface area contributed by atoms with Gasteiger partial charge >= 0.3 is 0 Å². The fourth-order valence-corrected chi connectivity index (χ4v) is 2.82. The molecule has 0 fully saturated rings. The Hall–Kier alpha value is -3.54. The number of methoxy groups -OCH3 is 2. The lowest BCUT2D eigenvalue weighted by atomic mass is 10.1. The standard InChI is InChI=1S/C22H22N2O4/c1-16(25)24(15-17-13-19(26-2)9-10-21(17)27-3)20-14-23-12-11-22(20)28-18-7-5-4-6-8-18/h4-14H,15H2,1-3H3/i3-1. The summed E-state index contributed by atoms with van der Waals surface area (Å²) in [6.45, 7) is 1.79. The van der Waals surface area contributed by atoms with E-state index in [0.29, 0.717) is 28.7 Å². The Kier molecular flexibility index (Phi) is 6.11. The van der Waals surface area contributed by atoms with Gasteiger partial charge in [0, 0.05) is 24.8 Å². The first-order valence-corrected chi connectivity index (χ1v) is 8.78. The van der Waals surface area contributed by atoms with Gasteiger partial charge in [-0.15, -0.1) is 0 Å². The first kappa shape index (κ1) is 19.2. The van der Waals surface area contributed by atoms with Gasteiger partial charge in [0.1, 0.15) is 22.9 Å². The highest BCUT2D eigenvalue weighted by Gasteiger charge is 2.20. The van der Waals surface area contributed by atoms with Gasteiger partial charge < -0.3 is 19.1 Å². The number of hydrogen-bond acceptors (Lipinski definition) is 5. The summed E-state index contributed by atoms with van der Waals surface area (Å²) in [6, 6.07) is 16.6. The number of carbonyl (C=O) groups is 1. The maximum absolute atomic E-state index is 12.5. The fourth-order valence-electron chi connectivity index (χ4n) is 2.82. The lowest BCUT2D eigenvalue weighted by molar-refractivity contribution is -0.116. The van der Waals surface area contributed by atoms with Crippen molar-refractivity contribution in [1.29, 1.82) is 0 Å². The molecule has 0 radical (unpaired) electrons. The number of ether oxygens (including phenoxy) is 3. The summed E-state index contributed by atoms with van der Waals surface area (Å²) in [7, 11) is 3.19. The lowest BCUT2D eigenvalue weighted by Crippen LogP contribution is -2.28. The van der Waals surface area contributed by atoms with Crippen molar-refractivity contribution in [3.8, 4) is 23.0 Å². The molecule has 0 unspecified atom stereocenters. The molecule has 0 aliphatic rings. The molecule has 3 rings (SSSR count). The molecule has 0 N–H and O–H groups in total. The number of aromatic nitrogens is 1. The van der Waals surface area contributed by atoms with Crippen molar-refractivity contribution in [2.24, 2.45) is 0 Å². The van der Waals surface area contributed by atoms with Gasteiger partial charge in [0.25, 0.3) is 0 Å². The molecule has 0 aliphatic carbocycles. The zero-order chi connectivity index (χ0) is 19.9. The van der Waals surface area contributed by atoms with Gasteiger partial charge in [0.2, 0.25) is 5.91 Å². The van der Waals surface area contributed by atoms with Gasteiger partial charge in [-0.1, -0.05) is 18.2 Å². The minimum Gasteiger partial charge on any atom is -0.497 e. The number of pyridine rings is 1. The van der Waals surface area contributed by atoms with Gasteiger partial charge in [0.05, 0.1) is 27.0 Å². The zero-order valence-electron chi connectivity index (χ0n) is 16.1. The fraction of sp³-hybridized carbons (Fsp3) is 0.182. The largest absolute Gasteiger partial charge is 0.497 e. The van der Waals surface area contributed by atoms with Crippen LogP contribution in [-0.2, 0) is 11.3 Å². The lowest BCUT2D eigenvalue weighted by Gasteiger charge is -2.24. The molecule has 6 heteroatoms. The number of para-hydroxylation sites is 1. The van der Waals surface area contributed by atoms with E-state index in [1.165, 1.54) is 6.92 Å². The summed E-state index contributed by atoms with van der Waals surface area (Å²) >= 11 is 0. The molecule has 0 aliphatic heterocycles. The summed E-state index contributed by atoms with van der Waals surface area (Å²) in [5, 5.41) is 0. The van der Waals surface area contributed by atoms with Crippen LogP contribution in [0.1, 0.15) is 12.5 Å². The van der Waals surface area contributed by atoms with Crippen molar-refractivity contribution in [1.82, 2.24) is 4.98 Å². The van der Waals surface area contributed by atoms with Crippen LogP contribution in [-0.4, -0.2) is 25.1 Å². The van der Waals surface area contributed by atoms with Crippen molar-refractivity contribution in [2.75, 3.05) is 19.1 Å². The molecule has 1 aromatic heterocycles. The van der Waals surface area contributed by atoms with Gasteiger partial charge in [-0.2, -0.15) is 0 Å². The number of rotatable bonds is 7. The summed E-state index contributed by atoms with van der Waals surface area (Å²) in [6.07, 6.45) is 3.25. The second-order valence-electron chi connectivity index (χ2n) is 6.04. The van der Waals surface area contributed by atoms with E-state index in [9.17, 15) is 4.79 Å². The summed E-state index contributed by atoms with van der Waals surface area (Å²) in [5.74, 6) is 2.43. The van der Waals surface area contributed by atoms with E-state index in [1.807, 2.05) is 48.5 Å². The van der Waals surface area contributed by atoms with Crippen molar-refractivity contribution in [2.45, 2.75) is 13.5 Å². The molecule has 0 bridgehead atoms. The second kappa shape index (κ2) is 8.90. The number of anilines is 1. The van der Waals surface area contributed by atoms with Crippen LogP contribution in [0.15, 0.2) is 67.0 Å². The Morgan fingerprint density at radius 1 is 0.964 bits per heavy atom. The normalized spacial score (nSPS) is 10.2. The predicted octanol–water partition coefficient (Wildman–Crippen LogP) is 4.44. The molecule has 0 saturated carbocycles. The summed E-state index contributed by atoms with van der Waals surface area (Å²) in [4.78, 5) is 18.3. The molecule has 28 heavy (non-hydrogen) atoms. The molecule has 1 amide bonds. The third-order valence-corrected chi connectivity index (χ3v) is 4.22. The molecule has 0 spiro atoms. The van der Waals surface area contributed by atoms with E-state index in [0.717, 1.165) is 5.56 Å². The van der Waals surface area contributed by atoms with E-state index in [-0.39, 0.29) is 12.5 Å². The molecular formula is C22H22N2O4. The Bertz CT molecular complexity index is 944. The highest BCUT2D eigenvalue weighted by molar-refractivity contribution is 5.93. The van der Waals surface area contributed by atoms with E-state index in [1.54, 1.807) is 37.6 Å². The van der Waals surface area contributed by atoms with Crippen LogP contribution in [0.2, 0.25) is 0 Å². The summed E-state index contributed by atoms with van der Waals surface area (Å²) < 4.78 is 16.7. The zero-order valence-corrected chi connectivity index (χ0v) is 16.1. The molecule has 6 nitrogen and oxygen atoms in total. The highest BCUT2D eigenvalue weighted by atomic mass is 16.5. The number of carbonyl (C=O) groups excluding carboxylic acids is 1. The Labute approximate surface area is 164 Å². The van der Waals surface area contributed by atoms with Gasteiger partial charge in [0.15, 0.2) is 5.75 Å². The number of nitrogens with zero attached hydrogens (tertiary/aromatic N) is 2. The Balaban J connectivity index is 1.97. The number of benzene rings is 2. The first-order valence-electron chi connectivity index (χ1n) is 8.78. The predicted molar refractivity (Wildman–Crippen MR) is 107 cm³/mol. The SMILES string of the molecule is COc1ccc(O[11CH3])c(CN(C(C)=O)c2cnccc2Oc2ccccc2)c1. The molecule has 144 valence electrons. The van der Waals surface area contributed by atoms with Crippen molar-refractivity contribution in [3.63, 3.8) is 0 Å². The number of hydrogen-bond donors (Lipinski definition) is 0. The Morgan fingerprint density at radius 3 is 2.43 bits per heavy atom. The van der Waals surface area contributed by atoms with Crippen molar-refractivity contribution in [3.05, 3.63) is 72.6 Å². The van der Waals surface area contributed by atoms with E-state index in [4.69, 9.17) is 14.2 Å². The maximum atomic E-state index is 12.5. The van der Waals surface area contributed by atoms with Crippen LogP contribution < -0.4 is 19.1 Å². The average Bonchev–Trinajstić information content (AvgIpc) is 2.73. The van der Waals surface area contributed by atoms with Crippen molar-refractivity contribution < 1.29 is 19.0 Å². The quantitative estimate of drug-likeness (QED) is 0.609. The Morgan fingerprint density at radius 2 is 1.75 bits per heavy atom. The van der Waals surface area contributed by atoms with Crippen LogP contribution in [0.5, 0.6) is 23.0 Å². The van der Waals surface area contributed by atoms with E-state index < -0.39 is 0 Å². The average molecular weight is 377 g/mol. The first-order chi connectivity index (χ1) is 13.6. The van der Waals surface area contributed by atoms with Crippen LogP contribution in [0, 0.1) is 0 Å². The number of amides is 1. The minimum absolute atomic E-state index is 0.143. The van der Waals surface area contributed by atoms with Crippen LogP contribution in [0.4, 0.5) is 5.69 Å². The second-order valence-corrected chi connectivity index (χ2v) is 6.04. The molecular weight excluding hydrogens is 355 g/mol. The minimum atomic E-state index is -0.143. The van der Waals surface area contributed by atoms with E-state index >= 15 is 0 Å². The molecule has 0 saturated heterocycles. The van der Waals surface area contributed by atoms with Crippen LogP contribution in [0.3, 0.4) is 0 Å². The third kappa shape index (κ3) is 4.40. The van der Waals surface area contributed by atoms with Crippen LogP contribution in [0.25, 0.3) is 0 Å². The highest BCUT2D eigenvalue weighted by Crippen LogP contribution is 2.34. The summed E-state index contributed by atoms with van der Waals surface area (Å²) in [5.41, 5.74) is 1.38. The monoisotopic (exact) mass is 377 g/mol. The maximum Gasteiger partial charge on any atom is 0.224 e. The van der Waals surface area contributed by atoms with Gasteiger partial charge in [-0.25, -0.2) is 0 Å². The van der Waals surface area contributed by atoms with Crippen molar-refractivity contribution >= 4 is 11.6 Å². The smallest absolute Gasteiger partial charge is 0.224 e. The topological polar surface area (TPSA) is 60.9 Å². The van der Waals surface area contributed by atoms with Crippen LogP contribution >= 0.6 is 0 Å².